The molecule has 0 unspecified atom stereocenters. The molecule has 4 rings (SSSR count). The predicted molar refractivity (Wildman–Crippen MR) is 118 cm³/mol. The maximum absolute atomic E-state index is 13.1. The van der Waals surface area contributed by atoms with Crippen LogP contribution in [0.2, 0.25) is 0 Å². The summed E-state index contributed by atoms with van der Waals surface area (Å²) in [5.41, 5.74) is 2.51. The van der Waals surface area contributed by atoms with Crippen LogP contribution in [0.15, 0.2) is 36.4 Å². The van der Waals surface area contributed by atoms with Crippen LogP contribution in [0.3, 0.4) is 0 Å². The molecule has 1 aliphatic rings. The number of carbonyl (C=O) groups excluding carboxylic acids is 2. The summed E-state index contributed by atoms with van der Waals surface area (Å²) < 4.78 is 12.7. The van der Waals surface area contributed by atoms with E-state index >= 15 is 0 Å². The molecule has 2 aromatic carbocycles. The van der Waals surface area contributed by atoms with E-state index in [1.807, 2.05) is 28.8 Å². The minimum Gasteiger partial charge on any atom is -0.493 e. The molecule has 1 heterocycles. The first-order valence-electron chi connectivity index (χ1n) is 10.2. The molecule has 2 amide bonds. The Bertz CT molecular complexity index is 1150. The molecule has 8 nitrogen and oxygen atoms in total. The molecule has 0 atom stereocenters. The first-order valence-corrected chi connectivity index (χ1v) is 10.2. The van der Waals surface area contributed by atoms with Crippen molar-refractivity contribution < 1.29 is 19.1 Å². The smallest absolute Gasteiger partial charge is 0.255 e. The molecule has 0 saturated heterocycles. The van der Waals surface area contributed by atoms with Crippen LogP contribution in [-0.2, 0) is 11.3 Å². The van der Waals surface area contributed by atoms with Crippen molar-refractivity contribution in [1.82, 2.24) is 14.5 Å². The van der Waals surface area contributed by atoms with Gasteiger partial charge in [0.15, 0.2) is 11.5 Å². The summed E-state index contributed by atoms with van der Waals surface area (Å²) in [5.74, 6) is 1.69. The fourth-order valence-electron chi connectivity index (χ4n) is 3.65. The van der Waals surface area contributed by atoms with Gasteiger partial charge in [-0.1, -0.05) is 12.1 Å². The molecule has 162 valence electrons. The molecule has 0 radical (unpaired) electrons. The summed E-state index contributed by atoms with van der Waals surface area (Å²) in [7, 11) is 6.33. The van der Waals surface area contributed by atoms with Crippen LogP contribution in [0.25, 0.3) is 11.0 Å². The molecule has 8 heteroatoms. The number of fused-ring (bicyclic) bond motifs is 1. The summed E-state index contributed by atoms with van der Waals surface area (Å²) in [6.07, 6.45) is 2.17. The molecule has 31 heavy (non-hydrogen) atoms. The maximum Gasteiger partial charge on any atom is 0.255 e. The highest BCUT2D eigenvalue weighted by molar-refractivity contribution is 6.04. The van der Waals surface area contributed by atoms with E-state index in [4.69, 9.17) is 14.5 Å². The summed E-state index contributed by atoms with van der Waals surface area (Å²) in [6.45, 7) is 0.107. The van der Waals surface area contributed by atoms with Gasteiger partial charge in [-0.25, -0.2) is 4.98 Å². The predicted octanol–water partition coefficient (Wildman–Crippen LogP) is 3.27. The molecular weight excluding hydrogens is 396 g/mol. The zero-order valence-corrected chi connectivity index (χ0v) is 18.1. The van der Waals surface area contributed by atoms with E-state index in [2.05, 4.69) is 5.32 Å². The van der Waals surface area contributed by atoms with Crippen LogP contribution in [-0.4, -0.2) is 54.6 Å². The number of methoxy groups -OCH3 is 2. The highest BCUT2D eigenvalue weighted by atomic mass is 16.5. The number of rotatable bonds is 7. The molecule has 1 fully saturated rings. The van der Waals surface area contributed by atoms with Gasteiger partial charge in [0.1, 0.15) is 12.4 Å². The van der Waals surface area contributed by atoms with Crippen LogP contribution in [0, 0.1) is 0 Å². The number of nitrogens with zero attached hydrogens (tertiary/aromatic N) is 3. The number of ether oxygens (including phenoxy) is 2. The molecule has 1 aromatic heterocycles. The summed E-state index contributed by atoms with van der Waals surface area (Å²) in [5, 5.41) is 2.89. The molecule has 1 aliphatic carbocycles. The van der Waals surface area contributed by atoms with E-state index in [-0.39, 0.29) is 18.4 Å². The van der Waals surface area contributed by atoms with Gasteiger partial charge >= 0.3 is 0 Å². The van der Waals surface area contributed by atoms with Crippen molar-refractivity contribution >= 4 is 28.5 Å². The van der Waals surface area contributed by atoms with Gasteiger partial charge in [0.25, 0.3) is 5.91 Å². The number of carbonyl (C=O) groups is 2. The van der Waals surface area contributed by atoms with Crippen LogP contribution in [0.5, 0.6) is 11.5 Å². The summed E-state index contributed by atoms with van der Waals surface area (Å²) in [4.78, 5) is 32.0. The van der Waals surface area contributed by atoms with Crippen molar-refractivity contribution in [3.8, 4) is 11.5 Å². The number of hydrogen-bond donors (Lipinski definition) is 1. The molecule has 0 bridgehead atoms. The van der Waals surface area contributed by atoms with Gasteiger partial charge in [0.05, 0.1) is 36.5 Å². The highest BCUT2D eigenvalue weighted by Gasteiger charge is 2.30. The second kappa shape index (κ2) is 8.29. The van der Waals surface area contributed by atoms with Gasteiger partial charge < -0.3 is 24.3 Å². The fourth-order valence-corrected chi connectivity index (χ4v) is 3.65. The van der Waals surface area contributed by atoms with Crippen LogP contribution >= 0.6 is 0 Å². The lowest BCUT2D eigenvalue weighted by Crippen LogP contribution is -2.25. The summed E-state index contributed by atoms with van der Waals surface area (Å²) in [6, 6.07) is 11.0. The Hall–Kier alpha value is -3.55. The monoisotopic (exact) mass is 422 g/mol. The SMILES string of the molecule is COc1cc(NC(=O)Cn2c(C3CC3)nc3ccccc32)c(C(=O)N(C)C)cc1OC. The number of para-hydroxylation sites is 2. The van der Waals surface area contributed by atoms with Crippen LogP contribution < -0.4 is 14.8 Å². The third kappa shape index (κ3) is 4.05. The fraction of sp³-hybridized carbons (Fsp3) is 0.348. The number of imidazole rings is 1. The van der Waals surface area contributed by atoms with Gasteiger partial charge in [-0.3, -0.25) is 9.59 Å². The third-order valence-corrected chi connectivity index (χ3v) is 5.36. The van der Waals surface area contributed by atoms with Crippen LogP contribution in [0.1, 0.15) is 34.9 Å². The van der Waals surface area contributed by atoms with Gasteiger partial charge in [0.2, 0.25) is 5.91 Å². The number of anilines is 1. The molecule has 3 aromatic rings. The largest absolute Gasteiger partial charge is 0.493 e. The number of aromatic nitrogens is 2. The molecule has 0 aliphatic heterocycles. The molecule has 0 spiro atoms. The third-order valence-electron chi connectivity index (χ3n) is 5.36. The number of nitrogens with one attached hydrogen (secondary N) is 1. The molecule has 1 N–H and O–H groups in total. The number of hydrogen-bond acceptors (Lipinski definition) is 5. The van der Waals surface area contributed by atoms with Gasteiger partial charge in [0, 0.05) is 26.1 Å². The van der Waals surface area contributed by atoms with Gasteiger partial charge in [-0.15, -0.1) is 0 Å². The minimum atomic E-state index is -0.247. The van der Waals surface area contributed by atoms with Crippen molar-refractivity contribution in [3.63, 3.8) is 0 Å². The first kappa shape index (κ1) is 20.7. The first-order chi connectivity index (χ1) is 14.9. The Morgan fingerprint density at radius 3 is 2.45 bits per heavy atom. The number of benzene rings is 2. The van der Waals surface area contributed by atoms with E-state index in [9.17, 15) is 9.59 Å². The Labute approximate surface area is 180 Å². The molecule has 1 saturated carbocycles. The molecular formula is C23H26N4O4. The van der Waals surface area contributed by atoms with E-state index < -0.39 is 0 Å². The average Bonchev–Trinajstić information content (AvgIpc) is 3.55. The Kier molecular flexibility index (Phi) is 5.54. The Morgan fingerprint density at radius 2 is 1.81 bits per heavy atom. The zero-order chi connectivity index (χ0) is 22.1. The van der Waals surface area contributed by atoms with Gasteiger partial charge in [-0.2, -0.15) is 0 Å². The van der Waals surface area contributed by atoms with E-state index in [0.717, 1.165) is 29.7 Å². The lowest BCUT2D eigenvalue weighted by molar-refractivity contribution is -0.116. The summed E-state index contributed by atoms with van der Waals surface area (Å²) >= 11 is 0. The van der Waals surface area contributed by atoms with E-state index in [1.54, 1.807) is 26.2 Å². The van der Waals surface area contributed by atoms with Crippen molar-refractivity contribution in [1.29, 1.82) is 0 Å². The second-order valence-electron chi connectivity index (χ2n) is 7.82. The highest BCUT2D eigenvalue weighted by Crippen LogP contribution is 2.40. The normalized spacial score (nSPS) is 13.2. The van der Waals surface area contributed by atoms with Crippen LogP contribution in [0.4, 0.5) is 5.69 Å². The van der Waals surface area contributed by atoms with Crippen molar-refractivity contribution in [3.05, 3.63) is 47.8 Å². The van der Waals surface area contributed by atoms with Crippen molar-refractivity contribution in [2.24, 2.45) is 0 Å². The van der Waals surface area contributed by atoms with E-state index in [1.165, 1.54) is 19.1 Å². The average molecular weight is 422 g/mol. The standard InChI is InChI=1S/C23H26N4O4/c1-26(2)23(29)15-11-19(30-3)20(31-4)12-17(15)24-21(28)13-27-18-8-6-5-7-16(18)25-22(27)14-9-10-14/h5-8,11-12,14H,9-10,13H2,1-4H3,(H,24,28). The zero-order valence-electron chi connectivity index (χ0n) is 18.1. The topological polar surface area (TPSA) is 85.7 Å². The second-order valence-corrected chi connectivity index (χ2v) is 7.82. The quantitative estimate of drug-likeness (QED) is 0.632. The Morgan fingerprint density at radius 1 is 1.13 bits per heavy atom. The Balaban J connectivity index is 1.67. The minimum absolute atomic E-state index is 0.107. The van der Waals surface area contributed by atoms with E-state index in [0.29, 0.717) is 28.7 Å². The lowest BCUT2D eigenvalue weighted by atomic mass is 10.1. The maximum atomic E-state index is 13.1. The lowest BCUT2D eigenvalue weighted by Gasteiger charge is -2.18. The van der Waals surface area contributed by atoms with Gasteiger partial charge in [-0.05, 0) is 31.0 Å². The van der Waals surface area contributed by atoms with Crippen molar-refractivity contribution in [2.45, 2.75) is 25.3 Å². The van der Waals surface area contributed by atoms with Crippen molar-refractivity contribution in [2.75, 3.05) is 33.6 Å². The number of amides is 2.